The van der Waals surface area contributed by atoms with Gasteiger partial charge in [-0.3, -0.25) is 0 Å². The number of carbonyl (C=O) groups excluding carboxylic acids is 2. The van der Waals surface area contributed by atoms with Gasteiger partial charge >= 0.3 is 23.1 Å². The maximum absolute atomic E-state index is 8.89. The van der Waals surface area contributed by atoms with Crippen molar-refractivity contribution in [3.63, 3.8) is 0 Å². The van der Waals surface area contributed by atoms with Crippen LogP contribution in [-0.4, -0.2) is 78.8 Å². The molecule has 0 saturated carbocycles. The SMILES string of the molecule is CC(=O)[O-].CC(=O)[O-].O.O.O.O.O.O.O.O.[Mg+2]. The van der Waals surface area contributed by atoms with E-state index in [0.717, 1.165) is 13.8 Å². The Bertz CT molecular complexity index is 76.5. The van der Waals surface area contributed by atoms with Crippen LogP contribution in [0, 0.1) is 0 Å². The summed E-state index contributed by atoms with van der Waals surface area (Å²) < 4.78 is 0. The van der Waals surface area contributed by atoms with Crippen molar-refractivity contribution in [2.75, 3.05) is 0 Å². The van der Waals surface area contributed by atoms with Gasteiger partial charge in [0, 0.05) is 11.9 Å². The van der Waals surface area contributed by atoms with Crippen LogP contribution in [0.3, 0.4) is 0 Å². The van der Waals surface area contributed by atoms with Gasteiger partial charge in [-0.2, -0.15) is 0 Å². The second-order valence-electron chi connectivity index (χ2n) is 0.983. The van der Waals surface area contributed by atoms with Crippen LogP contribution in [0.15, 0.2) is 0 Å². The predicted molar refractivity (Wildman–Crippen MR) is 56.0 cm³/mol. The average molecular weight is 287 g/mol. The Balaban J connectivity index is -0.00000000308. The summed E-state index contributed by atoms with van der Waals surface area (Å²) in [7, 11) is 0. The smallest absolute Gasteiger partial charge is 0.550 e. The molecule has 0 rings (SSSR count). The molecular formula is C4H22MgO12. The first-order valence-corrected chi connectivity index (χ1v) is 1.82. The van der Waals surface area contributed by atoms with Crippen molar-refractivity contribution >= 4 is 35.0 Å². The van der Waals surface area contributed by atoms with Crippen molar-refractivity contribution < 1.29 is 63.6 Å². The number of carbonyl (C=O) groups is 2. The van der Waals surface area contributed by atoms with Crippen molar-refractivity contribution in [3.8, 4) is 0 Å². The molecule has 12 nitrogen and oxygen atoms in total. The molecule has 13 heteroatoms. The van der Waals surface area contributed by atoms with Crippen LogP contribution >= 0.6 is 0 Å². The molecule has 17 heavy (non-hydrogen) atoms. The topological polar surface area (TPSA) is 332 Å². The first kappa shape index (κ1) is 134. The predicted octanol–water partition coefficient (Wildman–Crippen LogP) is -9.47. The van der Waals surface area contributed by atoms with Crippen LogP contribution in [-0.2, 0) is 9.59 Å². The largest absolute Gasteiger partial charge is 2.00 e. The Morgan fingerprint density at radius 2 is 0.588 bits per heavy atom. The average Bonchev–Trinajstić information content (AvgIpc) is 1.25. The van der Waals surface area contributed by atoms with Gasteiger partial charge in [-0.1, -0.05) is 0 Å². The maximum Gasteiger partial charge on any atom is 2.00 e. The van der Waals surface area contributed by atoms with E-state index in [9.17, 15) is 0 Å². The van der Waals surface area contributed by atoms with E-state index in [0.29, 0.717) is 0 Å². The zero-order valence-electron chi connectivity index (χ0n) is 9.34. The molecule has 0 heterocycles. The van der Waals surface area contributed by atoms with E-state index < -0.39 is 11.9 Å². The molecule has 0 bridgehead atoms. The van der Waals surface area contributed by atoms with Gasteiger partial charge in [0.25, 0.3) is 0 Å². The standard InChI is InChI=1S/2C2H4O2.Mg.8H2O/c2*1-2(3)4;;;;;;;;;/h2*1H3,(H,3,4);;8*1H2/q;;+2;;;;;;;;/p-2. The van der Waals surface area contributed by atoms with Gasteiger partial charge in [-0.15, -0.1) is 0 Å². The molecule has 0 atom stereocenters. The monoisotopic (exact) mass is 286 g/mol. The van der Waals surface area contributed by atoms with Gasteiger partial charge in [0.2, 0.25) is 0 Å². The summed E-state index contributed by atoms with van der Waals surface area (Å²) in [5, 5.41) is 17.8. The summed E-state index contributed by atoms with van der Waals surface area (Å²) in [5.41, 5.74) is 0. The molecule has 0 spiro atoms. The summed E-state index contributed by atoms with van der Waals surface area (Å²) in [6, 6.07) is 0. The van der Waals surface area contributed by atoms with Crippen LogP contribution in [0.4, 0.5) is 0 Å². The molecule has 0 fully saturated rings. The van der Waals surface area contributed by atoms with Gasteiger partial charge in [0.1, 0.15) is 0 Å². The molecule has 16 N–H and O–H groups in total. The van der Waals surface area contributed by atoms with E-state index in [1.165, 1.54) is 0 Å². The molecule has 0 aliphatic heterocycles. The fourth-order valence-corrected chi connectivity index (χ4v) is 0. The van der Waals surface area contributed by atoms with E-state index in [1.807, 2.05) is 0 Å². The van der Waals surface area contributed by atoms with Gasteiger partial charge in [-0.05, 0) is 13.8 Å². The minimum Gasteiger partial charge on any atom is -0.550 e. The minimum atomic E-state index is -1.08. The maximum atomic E-state index is 8.89. The summed E-state index contributed by atoms with van der Waals surface area (Å²) in [6.07, 6.45) is 0. The Kier molecular flexibility index (Phi) is 863. The Morgan fingerprint density at radius 1 is 0.588 bits per heavy atom. The van der Waals surface area contributed by atoms with Crippen molar-refractivity contribution in [2.45, 2.75) is 13.8 Å². The van der Waals surface area contributed by atoms with E-state index in [2.05, 4.69) is 0 Å². The first-order valence-electron chi connectivity index (χ1n) is 1.82. The molecule has 0 aromatic rings. The van der Waals surface area contributed by atoms with Gasteiger partial charge in [0.15, 0.2) is 0 Å². The zero-order chi connectivity index (χ0) is 7.15. The first-order chi connectivity index (χ1) is 3.46. The Labute approximate surface area is 113 Å². The third-order valence-corrected chi connectivity index (χ3v) is 0. The third-order valence-electron chi connectivity index (χ3n) is 0. The normalized spacial score (nSPS) is 2.94. The number of hydrogen-bond acceptors (Lipinski definition) is 4. The van der Waals surface area contributed by atoms with Crippen LogP contribution in [0.25, 0.3) is 0 Å². The van der Waals surface area contributed by atoms with E-state index >= 15 is 0 Å². The number of hydrogen-bond donors (Lipinski definition) is 0. The summed E-state index contributed by atoms with van der Waals surface area (Å²) in [4.78, 5) is 17.8. The quantitative estimate of drug-likeness (QED) is 0.391. The van der Waals surface area contributed by atoms with Gasteiger partial charge in [-0.25, -0.2) is 0 Å². The second-order valence-corrected chi connectivity index (χ2v) is 0.983. The third kappa shape index (κ3) is 7320. The Morgan fingerprint density at radius 3 is 0.588 bits per heavy atom. The fourth-order valence-electron chi connectivity index (χ4n) is 0. The van der Waals surface area contributed by atoms with Crippen LogP contribution in [0.1, 0.15) is 13.8 Å². The van der Waals surface area contributed by atoms with Gasteiger partial charge < -0.3 is 63.6 Å². The van der Waals surface area contributed by atoms with Crippen molar-refractivity contribution in [1.82, 2.24) is 0 Å². The number of rotatable bonds is 0. The zero-order valence-corrected chi connectivity index (χ0v) is 10.8. The molecule has 0 aromatic heterocycles. The Hall–Kier alpha value is -0.614. The summed E-state index contributed by atoms with van der Waals surface area (Å²) in [5.74, 6) is -2.17. The van der Waals surface area contributed by atoms with Crippen molar-refractivity contribution in [3.05, 3.63) is 0 Å². The second kappa shape index (κ2) is 110. The minimum absolute atomic E-state index is 0. The number of aliphatic carboxylic acids is 2. The summed E-state index contributed by atoms with van der Waals surface area (Å²) in [6.45, 7) is 1.94. The molecule has 0 aliphatic carbocycles. The molecule has 0 radical (unpaired) electrons. The molecule has 0 unspecified atom stereocenters. The van der Waals surface area contributed by atoms with E-state index in [1.54, 1.807) is 0 Å². The molecule has 0 aromatic carbocycles. The van der Waals surface area contributed by atoms with Crippen molar-refractivity contribution in [2.24, 2.45) is 0 Å². The molecule has 0 amide bonds. The van der Waals surface area contributed by atoms with Crippen LogP contribution in [0.2, 0.25) is 0 Å². The number of carboxylic acid groups (broad SMARTS) is 2. The van der Waals surface area contributed by atoms with E-state index in [4.69, 9.17) is 19.8 Å². The molecule has 112 valence electrons. The molecule has 0 saturated heterocycles. The fraction of sp³-hybridized carbons (Fsp3) is 0.500. The molecular weight excluding hydrogens is 264 g/mol. The van der Waals surface area contributed by atoms with Gasteiger partial charge in [0.05, 0.1) is 0 Å². The van der Waals surface area contributed by atoms with Crippen LogP contribution < -0.4 is 10.2 Å². The van der Waals surface area contributed by atoms with Crippen molar-refractivity contribution in [1.29, 1.82) is 0 Å². The number of carboxylic acids is 2. The van der Waals surface area contributed by atoms with E-state index in [-0.39, 0.29) is 66.9 Å². The summed E-state index contributed by atoms with van der Waals surface area (Å²) >= 11 is 0. The van der Waals surface area contributed by atoms with Crippen LogP contribution in [0.5, 0.6) is 0 Å². The molecule has 0 aliphatic rings.